The number of rotatable bonds is 5. The van der Waals surface area contributed by atoms with Gasteiger partial charge in [-0.05, 0) is 47.7 Å². The predicted molar refractivity (Wildman–Crippen MR) is 115 cm³/mol. The molecule has 0 spiro atoms. The first-order valence-electron chi connectivity index (χ1n) is 10.9. The summed E-state index contributed by atoms with van der Waals surface area (Å²) in [6.45, 7) is 2.93. The van der Waals surface area contributed by atoms with Crippen LogP contribution in [0.15, 0.2) is 42.5 Å². The van der Waals surface area contributed by atoms with Crippen LogP contribution >= 0.6 is 0 Å². The molecule has 1 fully saturated rings. The van der Waals surface area contributed by atoms with Crippen LogP contribution in [0.4, 0.5) is 0 Å². The number of nitrogens with zero attached hydrogens (tertiary/aromatic N) is 1. The lowest BCUT2D eigenvalue weighted by atomic mass is 9.94. The lowest BCUT2D eigenvalue weighted by Gasteiger charge is -2.29. The van der Waals surface area contributed by atoms with Gasteiger partial charge in [0.1, 0.15) is 6.04 Å². The smallest absolute Gasteiger partial charge is 0.255 e. The quantitative estimate of drug-likeness (QED) is 0.639. The number of benzene rings is 2. The van der Waals surface area contributed by atoms with Gasteiger partial charge in [0, 0.05) is 37.7 Å². The molecular formula is C24H26N4O3. The maximum Gasteiger partial charge on any atom is 0.255 e. The summed E-state index contributed by atoms with van der Waals surface area (Å²) < 4.78 is 0. The molecule has 0 saturated carbocycles. The van der Waals surface area contributed by atoms with Crippen LogP contribution in [-0.2, 0) is 29.1 Å². The van der Waals surface area contributed by atoms with Crippen molar-refractivity contribution in [3.63, 3.8) is 0 Å². The van der Waals surface area contributed by atoms with E-state index in [0.717, 1.165) is 30.6 Å². The molecule has 3 heterocycles. The van der Waals surface area contributed by atoms with E-state index in [1.807, 2.05) is 18.2 Å². The first-order valence-corrected chi connectivity index (χ1v) is 10.9. The third-order valence-electron chi connectivity index (χ3n) is 6.48. The van der Waals surface area contributed by atoms with Crippen molar-refractivity contribution in [2.45, 2.75) is 44.4 Å². The van der Waals surface area contributed by atoms with E-state index < -0.39 is 6.04 Å². The highest BCUT2D eigenvalue weighted by molar-refractivity contribution is 6.05. The molecule has 0 radical (unpaired) electrons. The molecule has 2 unspecified atom stereocenters. The fourth-order valence-corrected chi connectivity index (χ4v) is 4.87. The molecule has 31 heavy (non-hydrogen) atoms. The Morgan fingerprint density at radius 2 is 1.90 bits per heavy atom. The van der Waals surface area contributed by atoms with E-state index in [9.17, 15) is 14.4 Å². The molecule has 3 amide bonds. The maximum atomic E-state index is 12.8. The summed E-state index contributed by atoms with van der Waals surface area (Å²) in [4.78, 5) is 38.0. The van der Waals surface area contributed by atoms with Crippen LogP contribution in [0.2, 0.25) is 0 Å². The van der Waals surface area contributed by atoms with Crippen LogP contribution < -0.4 is 16.0 Å². The molecule has 2 aromatic carbocycles. The largest absolute Gasteiger partial charge is 0.322 e. The molecule has 2 atom stereocenters. The van der Waals surface area contributed by atoms with Crippen LogP contribution in [0.5, 0.6) is 0 Å². The van der Waals surface area contributed by atoms with E-state index >= 15 is 0 Å². The van der Waals surface area contributed by atoms with E-state index in [-0.39, 0.29) is 24.1 Å². The summed E-state index contributed by atoms with van der Waals surface area (Å²) in [5, 5.41) is 9.46. The Kier molecular flexibility index (Phi) is 5.29. The minimum atomic E-state index is -0.573. The van der Waals surface area contributed by atoms with E-state index in [4.69, 9.17) is 0 Å². The van der Waals surface area contributed by atoms with Crippen molar-refractivity contribution in [3.05, 3.63) is 70.3 Å². The summed E-state index contributed by atoms with van der Waals surface area (Å²) >= 11 is 0. The fraction of sp³-hybridized carbons (Fsp3) is 0.375. The van der Waals surface area contributed by atoms with Gasteiger partial charge in [0.05, 0.1) is 0 Å². The van der Waals surface area contributed by atoms with Gasteiger partial charge in [0.15, 0.2) is 0 Å². The topological polar surface area (TPSA) is 90.5 Å². The Bertz CT molecular complexity index is 1050. The third-order valence-corrected chi connectivity index (χ3v) is 6.48. The van der Waals surface area contributed by atoms with Crippen molar-refractivity contribution in [1.29, 1.82) is 0 Å². The zero-order valence-corrected chi connectivity index (χ0v) is 17.3. The molecule has 7 heteroatoms. The SMILES string of the molecule is O=C1CCC(N2Cc3cc(CNCC4NCCc5ccccc54)ccc3C2=O)C(=O)N1. The molecule has 3 aliphatic rings. The molecule has 2 aromatic rings. The number of nitrogens with one attached hydrogen (secondary N) is 3. The van der Waals surface area contributed by atoms with Crippen LogP contribution in [0.1, 0.15) is 51.5 Å². The predicted octanol–water partition coefficient (Wildman–Crippen LogP) is 1.42. The summed E-state index contributed by atoms with van der Waals surface area (Å²) in [5.74, 6) is -0.777. The summed E-state index contributed by atoms with van der Waals surface area (Å²) in [6, 6.07) is 14.2. The Hall–Kier alpha value is -3.03. The highest BCUT2D eigenvalue weighted by atomic mass is 16.2. The van der Waals surface area contributed by atoms with Gasteiger partial charge in [-0.25, -0.2) is 0 Å². The molecule has 3 N–H and O–H groups in total. The number of hydrogen-bond donors (Lipinski definition) is 3. The number of carbonyl (C=O) groups excluding carboxylic acids is 3. The second-order valence-corrected chi connectivity index (χ2v) is 8.48. The van der Waals surface area contributed by atoms with Crippen molar-refractivity contribution in [2.75, 3.05) is 13.1 Å². The standard InChI is InChI=1S/C24H26N4O3/c29-22-8-7-21(23(30)27-22)28-14-17-11-15(5-6-19(17)24(28)31)12-25-13-20-18-4-2-1-3-16(18)9-10-26-20/h1-6,11,20-21,25-26H,7-10,12-14H2,(H,27,29,30). The van der Waals surface area contributed by atoms with E-state index in [2.05, 4.69) is 40.2 Å². The van der Waals surface area contributed by atoms with Crippen LogP contribution in [0.3, 0.4) is 0 Å². The normalized spacial score (nSPS) is 22.8. The van der Waals surface area contributed by atoms with Gasteiger partial charge in [-0.15, -0.1) is 0 Å². The minimum absolute atomic E-state index is 0.132. The Labute approximate surface area is 181 Å². The number of imide groups is 1. The lowest BCUT2D eigenvalue weighted by molar-refractivity contribution is -0.136. The molecule has 0 aliphatic carbocycles. The average Bonchev–Trinajstić information content (AvgIpc) is 3.09. The fourth-order valence-electron chi connectivity index (χ4n) is 4.87. The third kappa shape index (κ3) is 3.86. The van der Waals surface area contributed by atoms with Crippen molar-refractivity contribution in [1.82, 2.24) is 20.9 Å². The highest BCUT2D eigenvalue weighted by Crippen LogP contribution is 2.28. The zero-order chi connectivity index (χ0) is 21.4. The van der Waals surface area contributed by atoms with Crippen molar-refractivity contribution in [3.8, 4) is 0 Å². The maximum absolute atomic E-state index is 12.8. The number of carbonyl (C=O) groups is 3. The first-order chi connectivity index (χ1) is 15.1. The molecule has 7 nitrogen and oxygen atoms in total. The Morgan fingerprint density at radius 3 is 2.77 bits per heavy atom. The van der Waals surface area contributed by atoms with Gasteiger partial charge in [-0.1, -0.05) is 36.4 Å². The van der Waals surface area contributed by atoms with Crippen LogP contribution in [0, 0.1) is 0 Å². The minimum Gasteiger partial charge on any atom is -0.322 e. The van der Waals surface area contributed by atoms with Gasteiger partial charge >= 0.3 is 0 Å². The number of hydrogen-bond acceptors (Lipinski definition) is 5. The monoisotopic (exact) mass is 418 g/mol. The van der Waals surface area contributed by atoms with Gasteiger partial charge in [-0.2, -0.15) is 0 Å². The Balaban J connectivity index is 1.22. The summed E-state index contributed by atoms with van der Waals surface area (Å²) in [5.41, 5.74) is 5.48. The molecule has 0 aromatic heterocycles. The van der Waals surface area contributed by atoms with Gasteiger partial charge in [0.2, 0.25) is 11.8 Å². The van der Waals surface area contributed by atoms with E-state index in [0.29, 0.717) is 31.1 Å². The van der Waals surface area contributed by atoms with Crippen molar-refractivity contribution in [2.24, 2.45) is 0 Å². The lowest BCUT2D eigenvalue weighted by Crippen LogP contribution is -2.52. The van der Waals surface area contributed by atoms with Crippen LogP contribution in [0.25, 0.3) is 0 Å². The second kappa shape index (κ2) is 8.24. The number of piperidine rings is 1. The molecule has 3 aliphatic heterocycles. The van der Waals surface area contributed by atoms with E-state index in [1.165, 1.54) is 11.1 Å². The van der Waals surface area contributed by atoms with Crippen molar-refractivity contribution >= 4 is 17.7 Å². The van der Waals surface area contributed by atoms with Gasteiger partial charge in [-0.3, -0.25) is 19.7 Å². The second-order valence-electron chi connectivity index (χ2n) is 8.48. The summed E-state index contributed by atoms with van der Waals surface area (Å²) in [7, 11) is 0. The highest BCUT2D eigenvalue weighted by Gasteiger charge is 2.39. The first kappa shape index (κ1) is 19.9. The molecular weight excluding hydrogens is 392 g/mol. The van der Waals surface area contributed by atoms with Gasteiger partial charge in [0.25, 0.3) is 5.91 Å². The zero-order valence-electron chi connectivity index (χ0n) is 17.3. The average molecular weight is 418 g/mol. The van der Waals surface area contributed by atoms with Crippen molar-refractivity contribution < 1.29 is 14.4 Å². The van der Waals surface area contributed by atoms with Crippen LogP contribution in [-0.4, -0.2) is 41.8 Å². The molecule has 1 saturated heterocycles. The number of amides is 3. The Morgan fingerprint density at radius 1 is 1.03 bits per heavy atom. The molecule has 0 bridgehead atoms. The van der Waals surface area contributed by atoms with Gasteiger partial charge < -0.3 is 15.5 Å². The van der Waals surface area contributed by atoms with E-state index in [1.54, 1.807) is 4.90 Å². The molecule has 5 rings (SSSR count). The number of fused-ring (bicyclic) bond motifs is 2. The summed E-state index contributed by atoms with van der Waals surface area (Å²) in [6.07, 6.45) is 1.72. The molecule has 160 valence electrons.